The maximum absolute atomic E-state index is 14.2. The number of hydrogen-bond acceptors (Lipinski definition) is 6. The van der Waals surface area contributed by atoms with E-state index in [1.807, 2.05) is 13.0 Å². The SMILES string of the molecule is CCCCC(F)C(=O)C=C[C@@H]1c2cc(CCCCC(=O)OC)oc2C[C@H]1OC1CCCCO1. The van der Waals surface area contributed by atoms with Gasteiger partial charge in [-0.2, -0.15) is 0 Å². The molecular formula is C26H37FO6. The first kappa shape index (κ1) is 25.6. The van der Waals surface area contributed by atoms with Gasteiger partial charge in [-0.3, -0.25) is 9.59 Å². The molecule has 0 radical (unpaired) electrons. The van der Waals surface area contributed by atoms with Gasteiger partial charge in [-0.05, 0) is 50.7 Å². The van der Waals surface area contributed by atoms with E-state index in [9.17, 15) is 14.0 Å². The van der Waals surface area contributed by atoms with Crippen molar-refractivity contribution in [3.63, 3.8) is 0 Å². The third kappa shape index (κ3) is 7.51. The molecule has 184 valence electrons. The second-order valence-corrected chi connectivity index (χ2v) is 8.95. The molecule has 33 heavy (non-hydrogen) atoms. The van der Waals surface area contributed by atoms with Crippen LogP contribution in [0.25, 0.3) is 0 Å². The number of fused-ring (bicyclic) bond motifs is 1. The molecule has 0 bridgehead atoms. The van der Waals surface area contributed by atoms with Crippen LogP contribution in [0.5, 0.6) is 0 Å². The topological polar surface area (TPSA) is 75.0 Å². The lowest BCUT2D eigenvalue weighted by Gasteiger charge is -2.28. The fourth-order valence-corrected chi connectivity index (χ4v) is 4.45. The molecule has 1 saturated heterocycles. The molecule has 1 fully saturated rings. The van der Waals surface area contributed by atoms with Crippen LogP contribution < -0.4 is 0 Å². The van der Waals surface area contributed by atoms with Crippen molar-refractivity contribution >= 4 is 11.8 Å². The summed E-state index contributed by atoms with van der Waals surface area (Å²) < 4.78 is 36.9. The number of aryl methyl sites for hydroxylation is 1. The fourth-order valence-electron chi connectivity index (χ4n) is 4.45. The zero-order valence-corrected chi connectivity index (χ0v) is 19.9. The van der Waals surface area contributed by atoms with Gasteiger partial charge in [0.2, 0.25) is 0 Å². The zero-order chi connectivity index (χ0) is 23.6. The number of allylic oxidation sites excluding steroid dienone is 1. The number of unbranched alkanes of at least 4 members (excludes halogenated alkanes) is 2. The largest absolute Gasteiger partial charge is 0.469 e. The van der Waals surface area contributed by atoms with Crippen LogP contribution in [0.15, 0.2) is 22.6 Å². The van der Waals surface area contributed by atoms with Gasteiger partial charge in [0.1, 0.15) is 11.5 Å². The summed E-state index contributed by atoms with van der Waals surface area (Å²) in [5.41, 5.74) is 0.992. The van der Waals surface area contributed by atoms with Gasteiger partial charge in [-0.1, -0.05) is 25.8 Å². The highest BCUT2D eigenvalue weighted by molar-refractivity contribution is 5.93. The number of furan rings is 1. The Morgan fingerprint density at radius 1 is 1.27 bits per heavy atom. The standard InChI is InChI=1S/C26H37FO6/c1-3-4-10-21(27)22(28)14-13-19-20-16-18(9-5-6-11-25(29)30-2)32-24(20)17-23(19)33-26-12-7-8-15-31-26/h13-14,16,19,21,23,26H,3-12,15,17H2,1-2H3/t19-,21?,23-,26?/m1/s1. The van der Waals surface area contributed by atoms with E-state index in [0.29, 0.717) is 25.9 Å². The van der Waals surface area contributed by atoms with E-state index in [2.05, 4.69) is 4.74 Å². The molecule has 2 aliphatic rings. The Labute approximate surface area is 195 Å². The van der Waals surface area contributed by atoms with Gasteiger partial charge in [0, 0.05) is 37.4 Å². The second-order valence-electron chi connectivity index (χ2n) is 8.95. The molecule has 4 atom stereocenters. The quantitative estimate of drug-likeness (QED) is 0.222. The van der Waals surface area contributed by atoms with Crippen molar-refractivity contribution in [2.75, 3.05) is 13.7 Å². The van der Waals surface area contributed by atoms with E-state index < -0.39 is 12.0 Å². The average molecular weight is 465 g/mol. The van der Waals surface area contributed by atoms with Crippen molar-refractivity contribution in [1.29, 1.82) is 0 Å². The maximum Gasteiger partial charge on any atom is 0.305 e. The monoisotopic (exact) mass is 464 g/mol. The Bertz CT molecular complexity index is 795. The number of ketones is 1. The summed E-state index contributed by atoms with van der Waals surface area (Å²) in [5.74, 6) is 0.829. The Hall–Kier alpha value is -1.99. The van der Waals surface area contributed by atoms with Gasteiger partial charge < -0.3 is 18.6 Å². The first-order chi connectivity index (χ1) is 16.0. The van der Waals surface area contributed by atoms with Crippen molar-refractivity contribution in [3.05, 3.63) is 35.3 Å². The third-order valence-corrected chi connectivity index (χ3v) is 6.37. The van der Waals surface area contributed by atoms with Crippen molar-refractivity contribution in [2.24, 2.45) is 0 Å². The highest BCUT2D eigenvalue weighted by Crippen LogP contribution is 2.40. The maximum atomic E-state index is 14.2. The Morgan fingerprint density at radius 2 is 2.12 bits per heavy atom. The molecule has 0 aromatic carbocycles. The van der Waals surface area contributed by atoms with Gasteiger partial charge in [0.25, 0.3) is 0 Å². The molecular weight excluding hydrogens is 427 g/mol. The first-order valence-corrected chi connectivity index (χ1v) is 12.3. The number of halogens is 1. The molecule has 0 N–H and O–H groups in total. The van der Waals surface area contributed by atoms with E-state index in [1.54, 1.807) is 6.08 Å². The molecule has 0 amide bonds. The van der Waals surface area contributed by atoms with Crippen LogP contribution in [0.2, 0.25) is 0 Å². The molecule has 0 spiro atoms. The minimum Gasteiger partial charge on any atom is -0.469 e. The first-order valence-electron chi connectivity index (χ1n) is 12.3. The number of alkyl halides is 1. The predicted octanol–water partition coefficient (Wildman–Crippen LogP) is 5.37. The number of methoxy groups -OCH3 is 1. The molecule has 0 saturated carbocycles. The van der Waals surface area contributed by atoms with Crippen molar-refractivity contribution in [1.82, 2.24) is 0 Å². The van der Waals surface area contributed by atoms with Crippen LogP contribution in [-0.2, 0) is 36.6 Å². The van der Waals surface area contributed by atoms with Gasteiger partial charge in [-0.15, -0.1) is 0 Å². The number of carbonyl (C=O) groups is 2. The number of ether oxygens (including phenoxy) is 3. The van der Waals surface area contributed by atoms with E-state index in [1.165, 1.54) is 13.2 Å². The zero-order valence-electron chi connectivity index (χ0n) is 19.9. The van der Waals surface area contributed by atoms with Crippen LogP contribution in [-0.4, -0.2) is 44.0 Å². The van der Waals surface area contributed by atoms with Crippen LogP contribution in [0, 0.1) is 0 Å². The lowest BCUT2D eigenvalue weighted by molar-refractivity contribution is -0.188. The highest BCUT2D eigenvalue weighted by atomic mass is 19.1. The summed E-state index contributed by atoms with van der Waals surface area (Å²) in [7, 11) is 1.39. The molecule has 7 heteroatoms. The number of hydrogen-bond donors (Lipinski definition) is 0. The smallest absolute Gasteiger partial charge is 0.305 e. The molecule has 1 aromatic rings. The molecule has 2 unspecified atom stereocenters. The summed E-state index contributed by atoms with van der Waals surface area (Å²) in [6, 6.07) is 2.02. The summed E-state index contributed by atoms with van der Waals surface area (Å²) >= 11 is 0. The van der Waals surface area contributed by atoms with E-state index >= 15 is 0 Å². The number of carbonyl (C=O) groups excluding carboxylic acids is 2. The lowest BCUT2D eigenvalue weighted by atomic mass is 9.98. The highest BCUT2D eigenvalue weighted by Gasteiger charge is 2.37. The molecule has 6 nitrogen and oxygen atoms in total. The molecule has 3 rings (SSSR count). The van der Waals surface area contributed by atoms with Crippen molar-refractivity contribution in [3.8, 4) is 0 Å². The predicted molar refractivity (Wildman–Crippen MR) is 122 cm³/mol. The Morgan fingerprint density at radius 3 is 2.85 bits per heavy atom. The lowest BCUT2D eigenvalue weighted by Crippen LogP contribution is -2.30. The van der Waals surface area contributed by atoms with Crippen LogP contribution in [0.3, 0.4) is 0 Å². The van der Waals surface area contributed by atoms with Crippen LogP contribution in [0.1, 0.15) is 87.7 Å². The van der Waals surface area contributed by atoms with Crippen molar-refractivity contribution < 1.29 is 32.6 Å². The molecule has 1 aliphatic heterocycles. The number of rotatable bonds is 13. The summed E-state index contributed by atoms with van der Waals surface area (Å²) in [4.78, 5) is 23.6. The Kier molecular flexibility index (Phi) is 10.1. The fraction of sp³-hybridized carbons (Fsp3) is 0.692. The second kappa shape index (κ2) is 13.0. The van der Waals surface area contributed by atoms with Gasteiger partial charge in [-0.25, -0.2) is 4.39 Å². The van der Waals surface area contributed by atoms with Gasteiger partial charge in [0.05, 0.1) is 13.2 Å². The van der Waals surface area contributed by atoms with E-state index in [0.717, 1.165) is 62.0 Å². The van der Waals surface area contributed by atoms with Crippen molar-refractivity contribution in [2.45, 2.75) is 102 Å². The average Bonchev–Trinajstić information content (AvgIpc) is 3.36. The Balaban J connectivity index is 1.65. The normalized spacial score (nSPS) is 23.5. The van der Waals surface area contributed by atoms with E-state index in [4.69, 9.17) is 13.9 Å². The minimum absolute atomic E-state index is 0.180. The summed E-state index contributed by atoms with van der Waals surface area (Å²) in [6.07, 6.45) is 9.26. The third-order valence-electron chi connectivity index (χ3n) is 6.37. The number of esters is 1. The summed E-state index contributed by atoms with van der Waals surface area (Å²) in [6.45, 7) is 2.67. The molecule has 1 aliphatic carbocycles. The van der Waals surface area contributed by atoms with Crippen LogP contribution in [0.4, 0.5) is 4.39 Å². The minimum atomic E-state index is -1.46. The van der Waals surface area contributed by atoms with Crippen LogP contribution >= 0.6 is 0 Å². The van der Waals surface area contributed by atoms with Gasteiger partial charge >= 0.3 is 5.97 Å². The van der Waals surface area contributed by atoms with Gasteiger partial charge in [0.15, 0.2) is 18.2 Å². The molecule has 2 heterocycles. The summed E-state index contributed by atoms with van der Waals surface area (Å²) in [5, 5.41) is 0. The van der Waals surface area contributed by atoms with E-state index in [-0.39, 0.29) is 30.7 Å². The molecule has 1 aromatic heterocycles.